The average molecular weight is 444 g/mol. The van der Waals surface area contributed by atoms with Crippen LogP contribution < -0.4 is 0 Å². The highest BCUT2D eigenvalue weighted by atomic mass is 16.5. The first-order chi connectivity index (χ1) is 16.0. The van der Waals surface area contributed by atoms with Crippen molar-refractivity contribution < 1.29 is 28.6 Å². The topological polar surface area (TPSA) is 94.5 Å². The third-order valence-corrected chi connectivity index (χ3v) is 6.41. The summed E-state index contributed by atoms with van der Waals surface area (Å²) in [6, 6.07) is 14.6. The fourth-order valence-electron chi connectivity index (χ4n) is 5.18. The second-order valence-corrected chi connectivity index (χ2v) is 7.75. The Bertz CT molecular complexity index is 1260. The van der Waals surface area contributed by atoms with Crippen molar-refractivity contribution in [3.05, 3.63) is 82.6 Å². The summed E-state index contributed by atoms with van der Waals surface area (Å²) in [7, 11) is 3.79. The fraction of sp³-hybridized carbons (Fsp3) is 0.200. The smallest absolute Gasteiger partial charge is 0.356 e. The van der Waals surface area contributed by atoms with E-state index in [-0.39, 0.29) is 16.8 Å². The molecule has 3 aliphatic rings. The van der Waals surface area contributed by atoms with Gasteiger partial charge in [-0.2, -0.15) is 5.10 Å². The monoisotopic (exact) mass is 444 g/mol. The Morgan fingerprint density at radius 3 is 1.91 bits per heavy atom. The van der Waals surface area contributed by atoms with Gasteiger partial charge in [-0.3, -0.25) is 0 Å². The SMILES string of the molecule is COC(=O)C1=CC2N(N=C1)C(C(=O)OC)=C(C(=O)OC)C21c2ccccc2-c2ccccc21. The standard InChI is InChI=1S/C25H20N2O6/c1-31-22(28)14-12-19-25(17-10-6-4-8-15(17)16-9-5-7-11-18(16)25)20(23(29)32-2)21(24(30)33-3)27(19)26-13-14/h4-13,19H,1-3H3. The Labute approximate surface area is 189 Å². The molecule has 1 aliphatic carbocycles. The lowest BCUT2D eigenvalue weighted by Crippen LogP contribution is -2.45. The normalized spacial score (nSPS) is 18.9. The fourth-order valence-corrected chi connectivity index (χ4v) is 5.18. The molecule has 0 N–H and O–H groups in total. The molecule has 2 heterocycles. The van der Waals surface area contributed by atoms with E-state index in [1.807, 2.05) is 48.5 Å². The quantitative estimate of drug-likeness (QED) is 0.530. The molecule has 0 saturated carbocycles. The van der Waals surface area contributed by atoms with Crippen molar-refractivity contribution in [2.75, 3.05) is 21.3 Å². The maximum Gasteiger partial charge on any atom is 0.356 e. The number of fused-ring (bicyclic) bond motifs is 7. The van der Waals surface area contributed by atoms with Crippen LogP contribution in [0.2, 0.25) is 0 Å². The minimum Gasteiger partial charge on any atom is -0.466 e. The van der Waals surface area contributed by atoms with Gasteiger partial charge in [-0.15, -0.1) is 0 Å². The zero-order valence-electron chi connectivity index (χ0n) is 18.2. The van der Waals surface area contributed by atoms with E-state index in [0.29, 0.717) is 0 Å². The molecule has 1 atom stereocenters. The van der Waals surface area contributed by atoms with Gasteiger partial charge in [0, 0.05) is 0 Å². The van der Waals surface area contributed by atoms with E-state index >= 15 is 0 Å². The highest BCUT2D eigenvalue weighted by Gasteiger charge is 2.63. The first kappa shape index (κ1) is 20.7. The van der Waals surface area contributed by atoms with E-state index in [0.717, 1.165) is 22.3 Å². The van der Waals surface area contributed by atoms with Gasteiger partial charge in [0.15, 0.2) is 5.70 Å². The molecule has 8 nitrogen and oxygen atoms in total. The number of hydrogen-bond acceptors (Lipinski definition) is 8. The summed E-state index contributed by atoms with van der Waals surface area (Å²) < 4.78 is 15.1. The molecule has 33 heavy (non-hydrogen) atoms. The largest absolute Gasteiger partial charge is 0.466 e. The number of rotatable bonds is 3. The molecule has 166 valence electrons. The van der Waals surface area contributed by atoms with Crippen LogP contribution in [0, 0.1) is 0 Å². The van der Waals surface area contributed by atoms with E-state index in [1.165, 1.54) is 32.6 Å². The number of hydrazone groups is 1. The summed E-state index contributed by atoms with van der Waals surface area (Å²) in [5, 5.41) is 5.83. The maximum atomic E-state index is 13.4. The third-order valence-electron chi connectivity index (χ3n) is 6.41. The molecule has 1 unspecified atom stereocenters. The molecular weight excluding hydrogens is 424 g/mol. The average Bonchev–Trinajstić information content (AvgIpc) is 3.34. The highest BCUT2D eigenvalue weighted by Crippen LogP contribution is 2.60. The summed E-state index contributed by atoms with van der Waals surface area (Å²) in [5.74, 6) is -1.98. The summed E-state index contributed by atoms with van der Waals surface area (Å²) in [5.41, 5.74) is 2.58. The van der Waals surface area contributed by atoms with Crippen LogP contribution in [0.15, 0.2) is 76.6 Å². The van der Waals surface area contributed by atoms with Gasteiger partial charge in [0.05, 0.1) is 50.1 Å². The number of benzene rings is 2. The van der Waals surface area contributed by atoms with Crippen LogP contribution in [0.5, 0.6) is 0 Å². The van der Waals surface area contributed by atoms with Crippen LogP contribution >= 0.6 is 0 Å². The number of nitrogens with zero attached hydrogens (tertiary/aromatic N) is 2. The van der Waals surface area contributed by atoms with Crippen molar-refractivity contribution in [1.82, 2.24) is 5.01 Å². The van der Waals surface area contributed by atoms with Gasteiger partial charge in [-0.05, 0) is 28.3 Å². The van der Waals surface area contributed by atoms with Crippen LogP contribution in [0.1, 0.15) is 11.1 Å². The van der Waals surface area contributed by atoms with Crippen molar-refractivity contribution in [2.45, 2.75) is 11.5 Å². The van der Waals surface area contributed by atoms with Crippen LogP contribution in [0.4, 0.5) is 0 Å². The van der Waals surface area contributed by atoms with E-state index in [2.05, 4.69) is 5.10 Å². The van der Waals surface area contributed by atoms with Crippen LogP contribution in [-0.2, 0) is 34.0 Å². The molecule has 0 amide bonds. The van der Waals surface area contributed by atoms with Gasteiger partial charge < -0.3 is 14.2 Å². The molecule has 0 bridgehead atoms. The van der Waals surface area contributed by atoms with Gasteiger partial charge in [0.25, 0.3) is 0 Å². The lowest BCUT2D eigenvalue weighted by molar-refractivity contribution is -0.140. The Hall–Kier alpha value is -4.20. The summed E-state index contributed by atoms with van der Waals surface area (Å²) in [4.78, 5) is 38.8. The summed E-state index contributed by atoms with van der Waals surface area (Å²) >= 11 is 0. The molecule has 5 rings (SSSR count). The number of carbonyl (C=O) groups is 3. The van der Waals surface area contributed by atoms with E-state index in [4.69, 9.17) is 14.2 Å². The van der Waals surface area contributed by atoms with Crippen LogP contribution in [-0.4, -0.2) is 56.5 Å². The van der Waals surface area contributed by atoms with Gasteiger partial charge in [-0.1, -0.05) is 48.5 Å². The molecule has 2 aromatic carbocycles. The number of carbonyl (C=O) groups excluding carboxylic acids is 3. The highest BCUT2D eigenvalue weighted by molar-refractivity contribution is 6.12. The second kappa shape index (κ2) is 7.44. The van der Waals surface area contributed by atoms with Gasteiger partial charge in [0.1, 0.15) is 0 Å². The van der Waals surface area contributed by atoms with Gasteiger partial charge >= 0.3 is 17.9 Å². The van der Waals surface area contributed by atoms with Crippen LogP contribution in [0.25, 0.3) is 11.1 Å². The number of hydrogen-bond donors (Lipinski definition) is 0. The van der Waals surface area contributed by atoms with E-state index in [1.54, 1.807) is 6.08 Å². The Morgan fingerprint density at radius 2 is 1.36 bits per heavy atom. The number of ether oxygens (including phenoxy) is 3. The Morgan fingerprint density at radius 1 is 0.818 bits per heavy atom. The van der Waals surface area contributed by atoms with Crippen molar-refractivity contribution >= 4 is 24.1 Å². The zero-order valence-corrected chi connectivity index (χ0v) is 18.2. The van der Waals surface area contributed by atoms with Gasteiger partial charge in [0.2, 0.25) is 0 Å². The molecule has 1 spiro atoms. The molecule has 8 heteroatoms. The predicted molar refractivity (Wildman–Crippen MR) is 118 cm³/mol. The summed E-state index contributed by atoms with van der Waals surface area (Å²) in [6.07, 6.45) is 2.99. The minimum atomic E-state index is -1.17. The maximum absolute atomic E-state index is 13.4. The van der Waals surface area contributed by atoms with Crippen molar-refractivity contribution in [3.63, 3.8) is 0 Å². The Balaban J connectivity index is 1.93. The molecule has 2 aliphatic heterocycles. The second-order valence-electron chi connectivity index (χ2n) is 7.75. The van der Waals surface area contributed by atoms with Crippen molar-refractivity contribution in [1.29, 1.82) is 0 Å². The Kier molecular flexibility index (Phi) is 4.67. The van der Waals surface area contributed by atoms with E-state index in [9.17, 15) is 14.4 Å². The number of methoxy groups -OCH3 is 3. The van der Waals surface area contributed by atoms with Crippen molar-refractivity contribution in [2.24, 2.45) is 5.10 Å². The van der Waals surface area contributed by atoms with Crippen LogP contribution in [0.3, 0.4) is 0 Å². The molecule has 2 aromatic rings. The van der Waals surface area contributed by atoms with Gasteiger partial charge in [-0.25, -0.2) is 19.4 Å². The lowest BCUT2D eigenvalue weighted by Gasteiger charge is -2.37. The molecule has 0 saturated heterocycles. The third kappa shape index (κ3) is 2.57. The molecule has 0 radical (unpaired) electrons. The minimum absolute atomic E-state index is 0.0303. The zero-order chi connectivity index (χ0) is 23.3. The molecule has 0 aromatic heterocycles. The summed E-state index contributed by atoms with van der Waals surface area (Å²) in [6.45, 7) is 0. The predicted octanol–water partition coefficient (Wildman–Crippen LogP) is 2.34. The first-order valence-electron chi connectivity index (χ1n) is 10.2. The molecule has 0 fully saturated rings. The molecular formula is C25H20N2O6. The van der Waals surface area contributed by atoms with E-state index < -0.39 is 29.4 Å². The lowest BCUT2D eigenvalue weighted by atomic mass is 9.68. The van der Waals surface area contributed by atoms with Crippen molar-refractivity contribution in [3.8, 4) is 11.1 Å². The first-order valence-corrected chi connectivity index (χ1v) is 10.2. The number of esters is 3.